The van der Waals surface area contributed by atoms with Crippen LogP contribution >= 0.6 is 11.8 Å². The number of aromatic nitrogens is 1. The third-order valence-corrected chi connectivity index (χ3v) is 5.82. The zero-order chi connectivity index (χ0) is 18.7. The molecule has 0 fully saturated rings. The Morgan fingerprint density at radius 2 is 1.85 bits per heavy atom. The van der Waals surface area contributed by atoms with Crippen molar-refractivity contribution < 1.29 is 4.79 Å². The first kappa shape index (κ1) is 18.6. The molecule has 0 aliphatic carbocycles. The summed E-state index contributed by atoms with van der Waals surface area (Å²) in [4.78, 5) is 13.8. The summed E-state index contributed by atoms with van der Waals surface area (Å²) in [6, 6.07) is 14.5. The van der Waals surface area contributed by atoms with E-state index in [0.717, 1.165) is 18.5 Å². The van der Waals surface area contributed by atoms with Gasteiger partial charge in [0.05, 0.1) is 0 Å². The molecule has 4 heteroatoms. The van der Waals surface area contributed by atoms with Gasteiger partial charge >= 0.3 is 0 Å². The van der Waals surface area contributed by atoms with Crippen LogP contribution in [0.5, 0.6) is 0 Å². The molecule has 0 saturated carbocycles. The molecule has 0 radical (unpaired) electrons. The topological polar surface area (TPSA) is 34.0 Å². The van der Waals surface area contributed by atoms with Crippen molar-refractivity contribution in [2.24, 2.45) is 0 Å². The Bertz CT molecular complexity index is 925. The number of nitrogens with one attached hydrogen (secondary N) is 1. The fourth-order valence-corrected chi connectivity index (χ4v) is 3.82. The maximum atomic E-state index is 12.5. The Morgan fingerprint density at radius 3 is 2.50 bits per heavy atom. The average Bonchev–Trinajstić information content (AvgIpc) is 2.92. The van der Waals surface area contributed by atoms with E-state index in [9.17, 15) is 4.79 Å². The van der Waals surface area contributed by atoms with Gasteiger partial charge in [-0.15, -0.1) is 11.8 Å². The highest BCUT2D eigenvalue weighted by atomic mass is 32.2. The van der Waals surface area contributed by atoms with Crippen molar-refractivity contribution in [3.63, 3.8) is 0 Å². The minimum atomic E-state index is -0.00562. The smallest absolute Gasteiger partial charge is 0.251 e. The Hall–Kier alpha value is -2.20. The van der Waals surface area contributed by atoms with Gasteiger partial charge in [0.1, 0.15) is 0 Å². The van der Waals surface area contributed by atoms with Gasteiger partial charge in [-0.2, -0.15) is 0 Å². The summed E-state index contributed by atoms with van der Waals surface area (Å²) >= 11 is 1.74. The number of nitrogens with zero attached hydrogens (tertiary/aromatic N) is 1. The molecule has 0 aliphatic heterocycles. The van der Waals surface area contributed by atoms with Crippen LogP contribution < -0.4 is 5.32 Å². The maximum absolute atomic E-state index is 12.5. The molecule has 0 aliphatic rings. The number of fused-ring (bicyclic) bond motifs is 1. The van der Waals surface area contributed by atoms with Crippen LogP contribution in [0.1, 0.15) is 34.1 Å². The third-order valence-electron chi connectivity index (χ3n) is 5.08. The van der Waals surface area contributed by atoms with Gasteiger partial charge in [0.15, 0.2) is 0 Å². The highest BCUT2D eigenvalue weighted by molar-refractivity contribution is 7.98. The monoisotopic (exact) mass is 366 g/mol. The lowest BCUT2D eigenvalue weighted by molar-refractivity contribution is 0.0954. The molecular formula is C22H26N2OS. The predicted molar refractivity (Wildman–Crippen MR) is 111 cm³/mol. The van der Waals surface area contributed by atoms with Crippen LogP contribution in [0.25, 0.3) is 10.9 Å². The van der Waals surface area contributed by atoms with Crippen molar-refractivity contribution in [3.05, 3.63) is 64.8 Å². The summed E-state index contributed by atoms with van der Waals surface area (Å²) in [7, 11) is 0. The number of benzene rings is 2. The molecule has 1 N–H and O–H groups in total. The van der Waals surface area contributed by atoms with Gasteiger partial charge in [0, 0.05) is 40.1 Å². The fraction of sp³-hybridized carbons (Fsp3) is 0.318. The zero-order valence-corrected chi connectivity index (χ0v) is 16.7. The quantitative estimate of drug-likeness (QED) is 0.625. The first-order chi connectivity index (χ1) is 12.5. The lowest BCUT2D eigenvalue weighted by atomic mass is 10.1. The normalized spacial score (nSPS) is 11.1. The number of carbonyl (C=O) groups excluding carboxylic acids is 1. The van der Waals surface area contributed by atoms with Crippen LogP contribution in [0.15, 0.2) is 47.4 Å². The molecule has 1 amide bonds. The van der Waals surface area contributed by atoms with Gasteiger partial charge in [-0.05, 0) is 74.9 Å². The van der Waals surface area contributed by atoms with E-state index in [1.807, 2.05) is 12.1 Å². The minimum Gasteiger partial charge on any atom is -0.352 e. The van der Waals surface area contributed by atoms with Crippen molar-refractivity contribution in [2.75, 3.05) is 12.8 Å². The number of thioether (sulfide) groups is 1. The molecule has 0 unspecified atom stereocenters. The molecule has 1 aromatic heterocycles. The molecule has 26 heavy (non-hydrogen) atoms. The summed E-state index contributed by atoms with van der Waals surface area (Å²) in [6.45, 7) is 8.00. The SMILES string of the molecule is CCn1c(C)c(C)c2cc(C(=O)NCCc3ccc(SC)cc3)ccc21. The number of carbonyl (C=O) groups is 1. The number of rotatable bonds is 6. The van der Waals surface area contributed by atoms with E-state index in [0.29, 0.717) is 6.54 Å². The van der Waals surface area contributed by atoms with Gasteiger partial charge in [0.25, 0.3) is 5.91 Å². The summed E-state index contributed by atoms with van der Waals surface area (Å²) in [5, 5.41) is 4.22. The first-order valence-electron chi connectivity index (χ1n) is 9.05. The molecule has 0 atom stereocenters. The number of hydrogen-bond donors (Lipinski definition) is 1. The molecule has 3 aromatic rings. The van der Waals surface area contributed by atoms with E-state index in [2.05, 4.69) is 67.2 Å². The summed E-state index contributed by atoms with van der Waals surface area (Å²) in [5.41, 5.74) is 5.70. The molecule has 3 rings (SSSR count). The van der Waals surface area contributed by atoms with E-state index < -0.39 is 0 Å². The van der Waals surface area contributed by atoms with E-state index >= 15 is 0 Å². The van der Waals surface area contributed by atoms with Gasteiger partial charge in [-0.1, -0.05) is 12.1 Å². The lowest BCUT2D eigenvalue weighted by Gasteiger charge is -2.07. The van der Waals surface area contributed by atoms with E-state index in [4.69, 9.17) is 0 Å². The highest BCUT2D eigenvalue weighted by Crippen LogP contribution is 2.26. The second-order valence-electron chi connectivity index (χ2n) is 6.54. The van der Waals surface area contributed by atoms with Crippen molar-refractivity contribution >= 4 is 28.6 Å². The standard InChI is InChI=1S/C22H26N2OS/c1-5-24-16(3)15(2)20-14-18(8-11-21(20)24)22(25)23-13-12-17-6-9-19(26-4)10-7-17/h6-11,14H,5,12-13H2,1-4H3,(H,23,25). The largest absolute Gasteiger partial charge is 0.352 e. The molecule has 1 heterocycles. The molecule has 0 saturated heterocycles. The lowest BCUT2D eigenvalue weighted by Crippen LogP contribution is -2.25. The Balaban J connectivity index is 1.68. The molecular weight excluding hydrogens is 340 g/mol. The second kappa shape index (κ2) is 8.00. The fourth-order valence-electron chi connectivity index (χ4n) is 3.41. The van der Waals surface area contributed by atoms with Crippen LogP contribution in [0, 0.1) is 13.8 Å². The maximum Gasteiger partial charge on any atom is 0.251 e. The van der Waals surface area contributed by atoms with Gasteiger partial charge in [0.2, 0.25) is 0 Å². The molecule has 0 bridgehead atoms. The molecule has 3 nitrogen and oxygen atoms in total. The van der Waals surface area contributed by atoms with Crippen molar-refractivity contribution in [2.45, 2.75) is 38.6 Å². The van der Waals surface area contributed by atoms with Crippen molar-refractivity contribution in [1.29, 1.82) is 0 Å². The van der Waals surface area contributed by atoms with Crippen molar-refractivity contribution in [3.8, 4) is 0 Å². The van der Waals surface area contributed by atoms with Gasteiger partial charge in [-0.3, -0.25) is 4.79 Å². The minimum absolute atomic E-state index is 0.00562. The Kier molecular flexibility index (Phi) is 5.72. The number of aryl methyl sites for hydroxylation is 2. The van der Waals surface area contributed by atoms with Crippen LogP contribution in [-0.4, -0.2) is 23.3 Å². The molecule has 0 spiro atoms. The van der Waals surface area contributed by atoms with Crippen LogP contribution in [0.3, 0.4) is 0 Å². The van der Waals surface area contributed by atoms with Crippen LogP contribution in [-0.2, 0) is 13.0 Å². The Morgan fingerprint density at radius 1 is 1.12 bits per heavy atom. The molecule has 136 valence electrons. The Labute approximate surface area is 159 Å². The van der Waals surface area contributed by atoms with E-state index in [-0.39, 0.29) is 5.91 Å². The average molecular weight is 367 g/mol. The summed E-state index contributed by atoms with van der Waals surface area (Å²) < 4.78 is 2.30. The van der Waals surface area contributed by atoms with E-state index in [1.54, 1.807) is 11.8 Å². The molecule has 2 aromatic carbocycles. The third kappa shape index (κ3) is 3.65. The summed E-state index contributed by atoms with van der Waals surface area (Å²) in [5.74, 6) is -0.00562. The first-order valence-corrected chi connectivity index (χ1v) is 10.3. The van der Waals surface area contributed by atoms with Crippen molar-refractivity contribution in [1.82, 2.24) is 9.88 Å². The predicted octanol–water partition coefficient (Wildman–Crippen LogP) is 4.97. The van der Waals surface area contributed by atoms with Crippen LogP contribution in [0.2, 0.25) is 0 Å². The second-order valence-corrected chi connectivity index (χ2v) is 7.42. The van der Waals surface area contributed by atoms with Gasteiger partial charge < -0.3 is 9.88 Å². The van der Waals surface area contributed by atoms with E-state index in [1.165, 1.54) is 32.6 Å². The number of amides is 1. The van der Waals surface area contributed by atoms with Gasteiger partial charge in [-0.25, -0.2) is 0 Å². The summed E-state index contributed by atoms with van der Waals surface area (Å²) in [6.07, 6.45) is 2.91. The highest BCUT2D eigenvalue weighted by Gasteiger charge is 2.13. The van der Waals surface area contributed by atoms with Crippen LogP contribution in [0.4, 0.5) is 0 Å². The zero-order valence-electron chi connectivity index (χ0n) is 15.9. The number of hydrogen-bond acceptors (Lipinski definition) is 2.